The smallest absolute Gasteiger partial charge is 0.100 e. The number of nitrogens with zero attached hydrogens (tertiary/aromatic N) is 3. The van der Waals surface area contributed by atoms with E-state index in [-0.39, 0.29) is 0 Å². The van der Waals surface area contributed by atoms with Gasteiger partial charge in [0.25, 0.3) is 0 Å². The van der Waals surface area contributed by atoms with Gasteiger partial charge in [-0.05, 0) is 73.8 Å². The van der Waals surface area contributed by atoms with E-state index in [0.717, 1.165) is 47.4 Å². The number of aryl methyl sites for hydroxylation is 3. The van der Waals surface area contributed by atoms with E-state index in [1.165, 1.54) is 5.56 Å². The quantitative estimate of drug-likeness (QED) is 0.555. The van der Waals surface area contributed by atoms with E-state index < -0.39 is 0 Å². The van der Waals surface area contributed by atoms with Gasteiger partial charge in [0.15, 0.2) is 0 Å². The van der Waals surface area contributed by atoms with Crippen molar-refractivity contribution < 1.29 is 0 Å². The number of allylic oxidation sites excluding steroid dienone is 2. The highest BCUT2D eigenvalue weighted by Crippen LogP contribution is 2.37. The molecule has 0 spiro atoms. The maximum atomic E-state index is 10.1. The van der Waals surface area contributed by atoms with Crippen LogP contribution in [0.1, 0.15) is 68.6 Å². The molecule has 2 rings (SSSR count). The van der Waals surface area contributed by atoms with Crippen molar-refractivity contribution in [3.05, 3.63) is 58.7 Å². The van der Waals surface area contributed by atoms with E-state index in [1.54, 1.807) is 0 Å². The lowest BCUT2D eigenvalue weighted by atomic mass is 9.81. The zero-order chi connectivity index (χ0) is 20.0. The highest BCUT2D eigenvalue weighted by molar-refractivity contribution is 5.98. The maximum absolute atomic E-state index is 10.1. The Kier molecular flexibility index (Phi) is 7.30. The lowest BCUT2D eigenvalue weighted by Crippen LogP contribution is -2.10. The number of hydrogen-bond donors (Lipinski definition) is 0. The van der Waals surface area contributed by atoms with Gasteiger partial charge in [-0.3, -0.25) is 9.97 Å². The molecule has 142 valence electrons. The average Bonchev–Trinajstić information content (AvgIpc) is 2.66. The van der Waals surface area contributed by atoms with Gasteiger partial charge in [0.2, 0.25) is 0 Å². The molecule has 2 aromatic rings. The second-order valence-electron chi connectivity index (χ2n) is 7.69. The lowest BCUT2D eigenvalue weighted by molar-refractivity contribution is 0.475. The summed E-state index contributed by atoms with van der Waals surface area (Å²) in [5.74, 6) is 0.844. The molecule has 2 aromatic heterocycles. The monoisotopic (exact) mass is 361 g/mol. The molecule has 0 aliphatic heterocycles. The Morgan fingerprint density at radius 3 is 2.37 bits per heavy atom. The minimum atomic E-state index is 0.291. The molecule has 27 heavy (non-hydrogen) atoms. The van der Waals surface area contributed by atoms with Crippen LogP contribution in [0, 0.1) is 37.0 Å². The number of rotatable bonds is 7. The Morgan fingerprint density at radius 1 is 1.11 bits per heavy atom. The molecule has 0 bridgehead atoms. The van der Waals surface area contributed by atoms with Crippen LogP contribution in [0.25, 0.3) is 11.1 Å². The van der Waals surface area contributed by atoms with Crippen molar-refractivity contribution in [2.45, 2.75) is 60.8 Å². The molecule has 0 fully saturated rings. The summed E-state index contributed by atoms with van der Waals surface area (Å²) in [6.45, 7) is 12.8. The predicted octanol–water partition coefficient (Wildman–Crippen LogP) is 6.16. The molecule has 0 amide bonds. The molecule has 0 aliphatic rings. The Bertz CT molecular complexity index is 839. The molecule has 3 heteroatoms. The Balaban J connectivity index is 2.76. The lowest BCUT2D eigenvalue weighted by Gasteiger charge is -2.23. The standard InChI is InChI=1S/C24H31N3/c1-7-19-9-10-23(27-15-19)24(20(8-2)11-16(3)4)22(13-25)21-12-17(5)14-26-18(21)6/h9-10,12,14-16,20H,7-8,11H2,1-6H3. The molecule has 1 atom stereocenters. The van der Waals surface area contributed by atoms with Gasteiger partial charge in [0.05, 0.1) is 11.3 Å². The average molecular weight is 362 g/mol. The topological polar surface area (TPSA) is 49.6 Å². The summed E-state index contributed by atoms with van der Waals surface area (Å²) in [7, 11) is 0. The van der Waals surface area contributed by atoms with E-state index in [4.69, 9.17) is 4.98 Å². The minimum Gasteiger partial charge on any atom is -0.261 e. The van der Waals surface area contributed by atoms with Crippen molar-refractivity contribution in [3.63, 3.8) is 0 Å². The molecule has 2 heterocycles. The fourth-order valence-corrected chi connectivity index (χ4v) is 3.55. The van der Waals surface area contributed by atoms with Crippen molar-refractivity contribution in [2.24, 2.45) is 11.8 Å². The molecule has 3 nitrogen and oxygen atoms in total. The van der Waals surface area contributed by atoms with Crippen molar-refractivity contribution in [1.29, 1.82) is 5.26 Å². The van der Waals surface area contributed by atoms with Crippen LogP contribution in [0.2, 0.25) is 0 Å². The molecule has 0 aromatic carbocycles. The summed E-state index contributed by atoms with van der Waals surface area (Å²) in [4.78, 5) is 9.23. The number of aromatic nitrogens is 2. The van der Waals surface area contributed by atoms with Crippen LogP contribution in [0.15, 0.2) is 30.6 Å². The largest absolute Gasteiger partial charge is 0.261 e. The molecule has 0 radical (unpaired) electrons. The van der Waals surface area contributed by atoms with Gasteiger partial charge >= 0.3 is 0 Å². The normalized spacial score (nSPS) is 13.3. The van der Waals surface area contributed by atoms with Crippen LogP contribution in [0.4, 0.5) is 0 Å². The molecular formula is C24H31N3. The maximum Gasteiger partial charge on any atom is 0.100 e. The van der Waals surface area contributed by atoms with E-state index in [1.807, 2.05) is 26.2 Å². The predicted molar refractivity (Wildman–Crippen MR) is 113 cm³/mol. The summed E-state index contributed by atoms with van der Waals surface area (Å²) in [6, 6.07) is 8.78. The first-order valence-corrected chi connectivity index (χ1v) is 9.94. The van der Waals surface area contributed by atoms with Gasteiger partial charge in [-0.15, -0.1) is 0 Å². The van der Waals surface area contributed by atoms with Gasteiger partial charge in [0, 0.05) is 23.7 Å². The Morgan fingerprint density at radius 2 is 1.85 bits per heavy atom. The first kappa shape index (κ1) is 20.8. The van der Waals surface area contributed by atoms with Gasteiger partial charge in [-0.1, -0.05) is 33.8 Å². The number of nitriles is 1. The number of hydrogen-bond acceptors (Lipinski definition) is 3. The van der Waals surface area contributed by atoms with Crippen LogP contribution in [0.5, 0.6) is 0 Å². The second-order valence-corrected chi connectivity index (χ2v) is 7.69. The molecule has 0 saturated heterocycles. The van der Waals surface area contributed by atoms with E-state index in [2.05, 4.69) is 56.9 Å². The van der Waals surface area contributed by atoms with E-state index >= 15 is 0 Å². The Hall–Kier alpha value is -2.47. The number of pyridine rings is 2. The third kappa shape index (κ3) is 5.04. The van der Waals surface area contributed by atoms with E-state index in [0.29, 0.717) is 17.4 Å². The highest BCUT2D eigenvalue weighted by Gasteiger charge is 2.23. The summed E-state index contributed by atoms with van der Waals surface area (Å²) in [6.07, 6.45) is 6.77. The third-order valence-electron chi connectivity index (χ3n) is 5.04. The molecule has 0 N–H and O–H groups in total. The SMILES string of the molecule is CCc1ccc(C(=C(C#N)c2cc(C)cnc2C)C(CC)CC(C)C)nc1. The first-order valence-electron chi connectivity index (χ1n) is 9.94. The molecular weight excluding hydrogens is 330 g/mol. The zero-order valence-corrected chi connectivity index (χ0v) is 17.5. The van der Waals surface area contributed by atoms with Crippen molar-refractivity contribution >= 4 is 11.1 Å². The minimum absolute atomic E-state index is 0.291. The first-order chi connectivity index (χ1) is 12.9. The van der Waals surface area contributed by atoms with Crippen LogP contribution in [0.3, 0.4) is 0 Å². The van der Waals surface area contributed by atoms with Gasteiger partial charge in [-0.2, -0.15) is 5.26 Å². The van der Waals surface area contributed by atoms with Gasteiger partial charge in [-0.25, -0.2) is 0 Å². The van der Waals surface area contributed by atoms with Crippen LogP contribution >= 0.6 is 0 Å². The van der Waals surface area contributed by atoms with E-state index in [9.17, 15) is 5.26 Å². The van der Waals surface area contributed by atoms with Gasteiger partial charge < -0.3 is 0 Å². The summed E-state index contributed by atoms with van der Waals surface area (Å²) in [5, 5.41) is 10.1. The zero-order valence-electron chi connectivity index (χ0n) is 17.5. The van der Waals surface area contributed by atoms with Gasteiger partial charge in [0.1, 0.15) is 6.07 Å². The highest BCUT2D eigenvalue weighted by atomic mass is 14.7. The van der Waals surface area contributed by atoms with Crippen LogP contribution in [-0.2, 0) is 6.42 Å². The fourth-order valence-electron chi connectivity index (χ4n) is 3.55. The van der Waals surface area contributed by atoms with Crippen molar-refractivity contribution in [2.75, 3.05) is 0 Å². The summed E-state index contributed by atoms with van der Waals surface area (Å²) >= 11 is 0. The molecule has 0 aliphatic carbocycles. The molecule has 0 saturated carbocycles. The molecule has 1 unspecified atom stereocenters. The third-order valence-corrected chi connectivity index (χ3v) is 5.04. The fraction of sp³-hybridized carbons (Fsp3) is 0.458. The van der Waals surface area contributed by atoms with Crippen molar-refractivity contribution in [3.8, 4) is 6.07 Å². The van der Waals surface area contributed by atoms with Crippen LogP contribution in [-0.4, -0.2) is 9.97 Å². The second kappa shape index (κ2) is 9.46. The van der Waals surface area contributed by atoms with Crippen molar-refractivity contribution in [1.82, 2.24) is 9.97 Å². The van der Waals surface area contributed by atoms with Crippen LogP contribution < -0.4 is 0 Å². The summed E-state index contributed by atoms with van der Waals surface area (Å²) in [5.41, 5.74) is 6.78. The Labute approximate surface area is 164 Å². The summed E-state index contributed by atoms with van der Waals surface area (Å²) < 4.78 is 0.